The van der Waals surface area contributed by atoms with E-state index in [1.54, 1.807) is 30.3 Å². The summed E-state index contributed by atoms with van der Waals surface area (Å²) in [7, 11) is 1.76. The molecule has 28 heavy (non-hydrogen) atoms. The number of hydrogen-bond donors (Lipinski definition) is 1. The van der Waals surface area contributed by atoms with Gasteiger partial charge in [-0.3, -0.25) is 9.59 Å². The molecular formula is C21H24N4O3. The maximum Gasteiger partial charge on any atom is 0.254 e. The van der Waals surface area contributed by atoms with Gasteiger partial charge in [-0.15, -0.1) is 0 Å². The van der Waals surface area contributed by atoms with Crippen molar-refractivity contribution in [1.82, 2.24) is 14.8 Å². The van der Waals surface area contributed by atoms with E-state index in [0.717, 1.165) is 6.42 Å². The van der Waals surface area contributed by atoms with E-state index in [9.17, 15) is 9.59 Å². The number of fused-ring (bicyclic) bond motifs is 1. The molecule has 0 saturated carbocycles. The lowest BCUT2D eigenvalue weighted by Gasteiger charge is -2.36. The van der Waals surface area contributed by atoms with Crippen molar-refractivity contribution < 1.29 is 14.3 Å². The molecular weight excluding hydrogens is 356 g/mol. The Kier molecular flexibility index (Phi) is 5.25. The SMILES string of the molecule is CNc1cc(C(=O)N2CCO[C@H](C(=O)N3CCc4ccccc4C3)C2)ccn1. The molecule has 7 nitrogen and oxygen atoms in total. The number of aromatic nitrogens is 1. The maximum atomic E-state index is 13.0. The van der Waals surface area contributed by atoms with Crippen LogP contribution in [0.4, 0.5) is 5.82 Å². The molecule has 1 aromatic carbocycles. The van der Waals surface area contributed by atoms with Crippen LogP contribution >= 0.6 is 0 Å². The van der Waals surface area contributed by atoms with E-state index in [2.05, 4.69) is 22.4 Å². The molecule has 0 unspecified atom stereocenters. The molecule has 146 valence electrons. The van der Waals surface area contributed by atoms with Crippen LogP contribution in [0.25, 0.3) is 0 Å². The molecule has 1 N–H and O–H groups in total. The number of rotatable bonds is 3. The van der Waals surface area contributed by atoms with Crippen molar-refractivity contribution in [2.45, 2.75) is 19.1 Å². The van der Waals surface area contributed by atoms with Crippen LogP contribution in [0.15, 0.2) is 42.6 Å². The van der Waals surface area contributed by atoms with Crippen molar-refractivity contribution in [3.05, 3.63) is 59.3 Å². The van der Waals surface area contributed by atoms with Crippen LogP contribution in [0, 0.1) is 0 Å². The third kappa shape index (κ3) is 3.71. The molecule has 1 aromatic heterocycles. The van der Waals surface area contributed by atoms with Crippen LogP contribution in [0.2, 0.25) is 0 Å². The zero-order valence-corrected chi connectivity index (χ0v) is 15.9. The molecule has 1 atom stereocenters. The second kappa shape index (κ2) is 7.98. The van der Waals surface area contributed by atoms with Crippen LogP contribution in [0.5, 0.6) is 0 Å². The smallest absolute Gasteiger partial charge is 0.254 e. The average Bonchev–Trinajstić information content (AvgIpc) is 2.77. The summed E-state index contributed by atoms with van der Waals surface area (Å²) < 4.78 is 5.73. The molecule has 2 aliphatic heterocycles. The summed E-state index contributed by atoms with van der Waals surface area (Å²) in [4.78, 5) is 33.6. The number of anilines is 1. The summed E-state index contributed by atoms with van der Waals surface area (Å²) in [6, 6.07) is 11.6. The first-order chi connectivity index (χ1) is 13.7. The second-order valence-corrected chi connectivity index (χ2v) is 7.07. The highest BCUT2D eigenvalue weighted by Gasteiger charge is 2.33. The van der Waals surface area contributed by atoms with E-state index in [1.807, 2.05) is 17.0 Å². The molecule has 0 aliphatic carbocycles. The van der Waals surface area contributed by atoms with Crippen LogP contribution < -0.4 is 5.32 Å². The summed E-state index contributed by atoms with van der Waals surface area (Å²) in [6.07, 6.45) is 1.84. The van der Waals surface area contributed by atoms with E-state index < -0.39 is 6.10 Å². The Morgan fingerprint density at radius 3 is 2.79 bits per heavy atom. The number of hydrogen-bond acceptors (Lipinski definition) is 5. The Labute approximate surface area is 164 Å². The molecule has 1 fully saturated rings. The van der Waals surface area contributed by atoms with Gasteiger partial charge >= 0.3 is 0 Å². The Bertz CT molecular complexity index is 885. The van der Waals surface area contributed by atoms with Crippen molar-refractivity contribution in [3.8, 4) is 0 Å². The van der Waals surface area contributed by atoms with Crippen molar-refractivity contribution in [2.75, 3.05) is 38.6 Å². The van der Waals surface area contributed by atoms with Gasteiger partial charge in [0.05, 0.1) is 13.2 Å². The standard InChI is InChI=1S/C21H24N4O3/c1-22-19-12-16(6-8-23-19)20(26)25-10-11-28-18(14-25)21(27)24-9-7-15-4-2-3-5-17(15)13-24/h2-6,8,12,18H,7,9-11,13-14H2,1H3,(H,22,23)/t18-/m0/s1. The van der Waals surface area contributed by atoms with Crippen molar-refractivity contribution in [1.29, 1.82) is 0 Å². The molecule has 0 bridgehead atoms. The Hall–Kier alpha value is -2.93. The van der Waals surface area contributed by atoms with E-state index in [0.29, 0.717) is 37.6 Å². The summed E-state index contributed by atoms with van der Waals surface area (Å²) >= 11 is 0. The van der Waals surface area contributed by atoms with Gasteiger partial charge in [-0.05, 0) is 29.7 Å². The summed E-state index contributed by atoms with van der Waals surface area (Å²) in [5.41, 5.74) is 3.03. The summed E-state index contributed by atoms with van der Waals surface area (Å²) in [5.74, 6) is 0.486. The number of carbonyl (C=O) groups excluding carboxylic acids is 2. The van der Waals surface area contributed by atoms with E-state index in [4.69, 9.17) is 4.74 Å². The zero-order chi connectivity index (χ0) is 19.5. The molecule has 3 heterocycles. The number of benzene rings is 1. The van der Waals surface area contributed by atoms with E-state index in [-0.39, 0.29) is 18.4 Å². The number of nitrogens with one attached hydrogen (secondary N) is 1. The lowest BCUT2D eigenvalue weighted by molar-refractivity contribution is -0.149. The van der Waals surface area contributed by atoms with Gasteiger partial charge in [-0.2, -0.15) is 0 Å². The predicted octanol–water partition coefficient (Wildman–Crippen LogP) is 1.55. The molecule has 1 saturated heterocycles. The van der Waals surface area contributed by atoms with Crippen molar-refractivity contribution in [3.63, 3.8) is 0 Å². The Morgan fingerprint density at radius 2 is 1.96 bits per heavy atom. The minimum absolute atomic E-state index is 0.0438. The first kappa shape index (κ1) is 18.4. The normalized spacial score (nSPS) is 19.1. The number of pyridine rings is 1. The van der Waals surface area contributed by atoms with Gasteiger partial charge in [0.1, 0.15) is 5.82 Å². The van der Waals surface area contributed by atoms with Gasteiger partial charge in [0.2, 0.25) is 0 Å². The third-order valence-electron chi connectivity index (χ3n) is 5.33. The number of morpholine rings is 1. The monoisotopic (exact) mass is 380 g/mol. The number of nitrogens with zero attached hydrogens (tertiary/aromatic N) is 3. The predicted molar refractivity (Wildman–Crippen MR) is 105 cm³/mol. The molecule has 2 aromatic rings. The summed E-state index contributed by atoms with van der Waals surface area (Å²) in [6.45, 7) is 2.38. The minimum Gasteiger partial charge on any atom is -0.373 e. The largest absolute Gasteiger partial charge is 0.373 e. The lowest BCUT2D eigenvalue weighted by atomic mass is 9.99. The fourth-order valence-corrected chi connectivity index (χ4v) is 3.75. The van der Waals surface area contributed by atoms with E-state index in [1.165, 1.54) is 11.1 Å². The number of ether oxygens (including phenoxy) is 1. The zero-order valence-electron chi connectivity index (χ0n) is 15.9. The molecule has 2 amide bonds. The highest BCUT2D eigenvalue weighted by molar-refractivity contribution is 5.95. The number of amides is 2. The minimum atomic E-state index is -0.617. The maximum absolute atomic E-state index is 13.0. The first-order valence-electron chi connectivity index (χ1n) is 9.56. The van der Waals surface area contributed by atoms with Gasteiger partial charge in [0.25, 0.3) is 11.8 Å². The quantitative estimate of drug-likeness (QED) is 0.875. The second-order valence-electron chi connectivity index (χ2n) is 7.07. The third-order valence-corrected chi connectivity index (χ3v) is 5.33. The van der Waals surface area contributed by atoms with Gasteiger partial charge in [-0.25, -0.2) is 4.98 Å². The van der Waals surface area contributed by atoms with Crippen LogP contribution in [0.1, 0.15) is 21.5 Å². The Balaban J connectivity index is 1.43. The van der Waals surface area contributed by atoms with Gasteiger partial charge in [-0.1, -0.05) is 24.3 Å². The highest BCUT2D eigenvalue weighted by Crippen LogP contribution is 2.21. The van der Waals surface area contributed by atoms with Crippen LogP contribution in [-0.2, 0) is 22.5 Å². The lowest BCUT2D eigenvalue weighted by Crippen LogP contribution is -2.53. The fraction of sp³-hybridized carbons (Fsp3) is 0.381. The summed E-state index contributed by atoms with van der Waals surface area (Å²) in [5, 5.41) is 2.94. The average molecular weight is 380 g/mol. The van der Waals surface area contributed by atoms with Crippen molar-refractivity contribution >= 4 is 17.6 Å². The molecule has 0 spiro atoms. The van der Waals surface area contributed by atoms with Gasteiger partial charge in [0, 0.05) is 38.4 Å². The van der Waals surface area contributed by atoms with Crippen LogP contribution in [0.3, 0.4) is 0 Å². The molecule has 0 radical (unpaired) electrons. The first-order valence-corrected chi connectivity index (χ1v) is 9.56. The highest BCUT2D eigenvalue weighted by atomic mass is 16.5. The van der Waals surface area contributed by atoms with Crippen molar-refractivity contribution in [2.24, 2.45) is 0 Å². The van der Waals surface area contributed by atoms with Crippen LogP contribution in [-0.4, -0.2) is 66.0 Å². The fourth-order valence-electron chi connectivity index (χ4n) is 3.75. The van der Waals surface area contributed by atoms with Gasteiger partial charge in [0.15, 0.2) is 6.10 Å². The van der Waals surface area contributed by atoms with Gasteiger partial charge < -0.3 is 19.9 Å². The molecule has 7 heteroatoms. The molecule has 2 aliphatic rings. The molecule has 4 rings (SSSR count). The number of carbonyl (C=O) groups is 2. The topological polar surface area (TPSA) is 74.8 Å². The van der Waals surface area contributed by atoms with E-state index >= 15 is 0 Å². The Morgan fingerprint density at radius 1 is 1.14 bits per heavy atom.